The smallest absolute Gasteiger partial charge is 0.152 e. The van der Waals surface area contributed by atoms with Crippen LogP contribution in [0.3, 0.4) is 0 Å². The zero-order chi connectivity index (χ0) is 20.7. The van der Waals surface area contributed by atoms with Crippen molar-refractivity contribution < 1.29 is 13.2 Å². The first kappa shape index (κ1) is 23.2. The van der Waals surface area contributed by atoms with Crippen LogP contribution >= 0.6 is 0 Å². The molecule has 0 bridgehead atoms. The molecule has 0 aliphatic carbocycles. The molecule has 2 rings (SSSR count). The third kappa shape index (κ3) is 6.77. The SMILES string of the molecule is CC1[C@@H](C)O[C@@H](C)CN1c1ccc(CCCCCCCS(=O)(=O)C(C)C)cc1. The highest BCUT2D eigenvalue weighted by molar-refractivity contribution is 7.91. The maximum absolute atomic E-state index is 11.8. The van der Waals surface area contributed by atoms with Crippen LogP contribution in [-0.2, 0) is 21.0 Å². The third-order valence-corrected chi connectivity index (χ3v) is 8.25. The number of benzene rings is 1. The molecule has 1 saturated heterocycles. The van der Waals surface area contributed by atoms with E-state index in [4.69, 9.17) is 4.74 Å². The molecule has 1 aromatic rings. The van der Waals surface area contributed by atoms with Gasteiger partial charge in [-0.2, -0.15) is 0 Å². The molecule has 0 amide bonds. The van der Waals surface area contributed by atoms with Gasteiger partial charge in [0.2, 0.25) is 0 Å². The summed E-state index contributed by atoms with van der Waals surface area (Å²) >= 11 is 0. The number of aryl methyl sites for hydroxylation is 1. The van der Waals surface area contributed by atoms with Gasteiger partial charge in [-0.25, -0.2) is 8.42 Å². The van der Waals surface area contributed by atoms with Gasteiger partial charge in [-0.3, -0.25) is 0 Å². The van der Waals surface area contributed by atoms with Crippen molar-refractivity contribution in [2.24, 2.45) is 0 Å². The molecule has 1 unspecified atom stereocenters. The monoisotopic (exact) mass is 409 g/mol. The van der Waals surface area contributed by atoms with E-state index >= 15 is 0 Å². The van der Waals surface area contributed by atoms with Crippen molar-refractivity contribution >= 4 is 15.5 Å². The highest BCUT2D eigenvalue weighted by atomic mass is 32.2. The molecule has 0 N–H and O–H groups in total. The molecule has 160 valence electrons. The third-order valence-electron chi connectivity index (χ3n) is 5.95. The Balaban J connectivity index is 1.69. The van der Waals surface area contributed by atoms with Gasteiger partial charge in [0.25, 0.3) is 0 Å². The molecule has 3 atom stereocenters. The highest BCUT2D eigenvalue weighted by Crippen LogP contribution is 2.25. The lowest BCUT2D eigenvalue weighted by atomic mass is 10.0. The molecule has 1 aliphatic rings. The quantitative estimate of drug-likeness (QED) is 0.510. The van der Waals surface area contributed by atoms with Crippen LogP contribution in [-0.4, -0.2) is 44.2 Å². The molecule has 5 heteroatoms. The molecule has 1 aromatic carbocycles. The number of unbranched alkanes of at least 4 members (excludes halogenated alkanes) is 4. The first-order valence-corrected chi connectivity index (χ1v) is 12.6. The molecule has 1 heterocycles. The lowest BCUT2D eigenvalue weighted by Crippen LogP contribution is -2.52. The minimum Gasteiger partial charge on any atom is -0.372 e. The minimum atomic E-state index is -2.87. The zero-order valence-corrected chi connectivity index (χ0v) is 19.2. The van der Waals surface area contributed by atoms with Crippen molar-refractivity contribution in [1.29, 1.82) is 0 Å². The molecular weight excluding hydrogens is 370 g/mol. The van der Waals surface area contributed by atoms with Gasteiger partial charge < -0.3 is 9.64 Å². The normalized spacial score (nSPS) is 23.4. The fourth-order valence-corrected chi connectivity index (χ4v) is 4.89. The van der Waals surface area contributed by atoms with E-state index in [2.05, 4.69) is 49.9 Å². The highest BCUT2D eigenvalue weighted by Gasteiger charge is 2.29. The predicted octanol–water partition coefficient (Wildman–Crippen LogP) is 5.00. The van der Waals surface area contributed by atoms with Crippen LogP contribution in [0.4, 0.5) is 5.69 Å². The van der Waals surface area contributed by atoms with Crippen LogP contribution in [0, 0.1) is 0 Å². The van der Waals surface area contributed by atoms with Crippen LogP contribution in [0.2, 0.25) is 0 Å². The van der Waals surface area contributed by atoms with E-state index in [9.17, 15) is 8.42 Å². The van der Waals surface area contributed by atoms with E-state index < -0.39 is 9.84 Å². The number of hydrogen-bond donors (Lipinski definition) is 0. The van der Waals surface area contributed by atoms with Crippen molar-refractivity contribution in [2.75, 3.05) is 17.2 Å². The Bertz CT molecular complexity index is 684. The van der Waals surface area contributed by atoms with Gasteiger partial charge in [0.05, 0.1) is 29.3 Å². The molecule has 4 nitrogen and oxygen atoms in total. The van der Waals surface area contributed by atoms with E-state index in [0.717, 1.165) is 38.6 Å². The topological polar surface area (TPSA) is 46.6 Å². The van der Waals surface area contributed by atoms with Gasteiger partial charge >= 0.3 is 0 Å². The summed E-state index contributed by atoms with van der Waals surface area (Å²) < 4.78 is 29.5. The molecule has 28 heavy (non-hydrogen) atoms. The fourth-order valence-electron chi connectivity index (χ4n) is 3.81. The van der Waals surface area contributed by atoms with Gasteiger partial charge in [-0.1, -0.05) is 31.4 Å². The summed E-state index contributed by atoms with van der Waals surface area (Å²) in [6.07, 6.45) is 6.86. The Kier molecular flexibility index (Phi) is 8.81. The second-order valence-electron chi connectivity index (χ2n) is 8.64. The first-order chi connectivity index (χ1) is 13.2. The summed E-state index contributed by atoms with van der Waals surface area (Å²) in [5.74, 6) is 0.337. The maximum atomic E-state index is 11.8. The van der Waals surface area contributed by atoms with Crippen LogP contribution in [0.15, 0.2) is 24.3 Å². The van der Waals surface area contributed by atoms with Crippen LogP contribution in [0.5, 0.6) is 0 Å². The number of morpholine rings is 1. The van der Waals surface area contributed by atoms with Crippen molar-refractivity contribution in [1.82, 2.24) is 0 Å². The lowest BCUT2D eigenvalue weighted by Gasteiger charge is -2.42. The summed E-state index contributed by atoms with van der Waals surface area (Å²) in [6, 6.07) is 9.38. The standard InChI is InChI=1S/C23H39NO3S/c1-18(2)28(25,26)16-10-8-6-7-9-11-22-12-14-23(15-13-22)24-17-19(3)27-21(5)20(24)4/h12-15,18-21H,6-11,16-17H2,1-5H3/t19-,20?,21+/m0/s1. The number of hydrogen-bond acceptors (Lipinski definition) is 4. The average molecular weight is 410 g/mol. The van der Waals surface area contributed by atoms with Crippen molar-refractivity contribution in [3.8, 4) is 0 Å². The summed E-state index contributed by atoms with van der Waals surface area (Å²) in [6.45, 7) is 11.0. The van der Waals surface area contributed by atoms with Gasteiger partial charge in [0, 0.05) is 12.2 Å². The molecule has 0 radical (unpaired) electrons. The second kappa shape index (κ2) is 10.6. The molecule has 1 fully saturated rings. The molecule has 0 aromatic heterocycles. The van der Waals surface area contributed by atoms with Crippen molar-refractivity contribution in [3.63, 3.8) is 0 Å². The van der Waals surface area contributed by atoms with E-state index in [1.807, 2.05) is 0 Å². The largest absolute Gasteiger partial charge is 0.372 e. The maximum Gasteiger partial charge on any atom is 0.152 e. The fraction of sp³-hybridized carbons (Fsp3) is 0.739. The van der Waals surface area contributed by atoms with Crippen LogP contribution < -0.4 is 4.90 Å². The van der Waals surface area contributed by atoms with E-state index in [1.165, 1.54) is 17.7 Å². The van der Waals surface area contributed by atoms with E-state index in [0.29, 0.717) is 11.8 Å². The number of sulfone groups is 1. The molecule has 0 spiro atoms. The Morgan fingerprint density at radius 3 is 2.25 bits per heavy atom. The Morgan fingerprint density at radius 1 is 1.00 bits per heavy atom. The summed E-state index contributed by atoms with van der Waals surface area (Å²) in [5.41, 5.74) is 2.66. The average Bonchev–Trinajstić information content (AvgIpc) is 2.64. The minimum absolute atomic E-state index is 0.248. The Hall–Kier alpha value is -1.07. The Labute approximate surface area is 172 Å². The van der Waals surface area contributed by atoms with E-state index in [-0.39, 0.29) is 17.5 Å². The summed E-state index contributed by atoms with van der Waals surface area (Å²) in [4.78, 5) is 2.45. The second-order valence-corrected chi connectivity index (χ2v) is 11.3. The zero-order valence-electron chi connectivity index (χ0n) is 18.4. The van der Waals surface area contributed by atoms with Gasteiger partial charge in [0.1, 0.15) is 0 Å². The Morgan fingerprint density at radius 2 is 1.61 bits per heavy atom. The number of anilines is 1. The van der Waals surface area contributed by atoms with Gasteiger partial charge in [0.15, 0.2) is 9.84 Å². The van der Waals surface area contributed by atoms with Crippen molar-refractivity contribution in [3.05, 3.63) is 29.8 Å². The number of nitrogens with zero attached hydrogens (tertiary/aromatic N) is 1. The molecular formula is C23H39NO3S. The molecule has 1 aliphatic heterocycles. The number of rotatable bonds is 10. The molecule has 0 saturated carbocycles. The summed E-state index contributed by atoms with van der Waals surface area (Å²) in [5, 5.41) is -0.248. The lowest BCUT2D eigenvalue weighted by molar-refractivity contribution is -0.0257. The van der Waals surface area contributed by atoms with Crippen LogP contribution in [0.25, 0.3) is 0 Å². The van der Waals surface area contributed by atoms with Crippen LogP contribution in [0.1, 0.15) is 72.3 Å². The van der Waals surface area contributed by atoms with Crippen molar-refractivity contribution in [2.45, 2.75) is 96.6 Å². The summed E-state index contributed by atoms with van der Waals surface area (Å²) in [7, 11) is -2.87. The first-order valence-electron chi connectivity index (χ1n) is 10.9. The number of ether oxygens (including phenoxy) is 1. The van der Waals surface area contributed by atoms with E-state index in [1.54, 1.807) is 13.8 Å². The predicted molar refractivity (Wildman–Crippen MR) is 119 cm³/mol. The van der Waals surface area contributed by atoms with Gasteiger partial charge in [-0.05, 0) is 71.6 Å². The van der Waals surface area contributed by atoms with Gasteiger partial charge in [-0.15, -0.1) is 0 Å².